The van der Waals surface area contributed by atoms with Crippen molar-refractivity contribution < 1.29 is 35.9 Å². The lowest BCUT2D eigenvalue weighted by atomic mass is 9.86. The number of sulfonamides is 1. The Hall–Kier alpha value is -3.14. The largest absolute Gasteiger partial charge is 0.573 e. The van der Waals surface area contributed by atoms with Gasteiger partial charge in [0.05, 0.1) is 23.9 Å². The molecule has 15 heteroatoms. The van der Waals surface area contributed by atoms with Gasteiger partial charge in [-0.25, -0.2) is 8.42 Å². The van der Waals surface area contributed by atoms with Gasteiger partial charge in [-0.3, -0.25) is 9.36 Å². The van der Waals surface area contributed by atoms with E-state index < -0.39 is 22.1 Å². The van der Waals surface area contributed by atoms with Crippen LogP contribution in [-0.4, -0.2) is 77.9 Å². The number of benzene rings is 2. The molecule has 43 heavy (non-hydrogen) atoms. The van der Waals surface area contributed by atoms with Crippen LogP contribution in [0.1, 0.15) is 32.6 Å². The summed E-state index contributed by atoms with van der Waals surface area (Å²) in [7, 11) is -3.81. The van der Waals surface area contributed by atoms with E-state index in [2.05, 4.69) is 27.2 Å². The van der Waals surface area contributed by atoms with Crippen LogP contribution in [0.3, 0.4) is 0 Å². The highest BCUT2D eigenvalue weighted by Crippen LogP contribution is 2.32. The van der Waals surface area contributed by atoms with E-state index in [4.69, 9.17) is 4.74 Å². The molecule has 5 rings (SSSR count). The Bertz CT molecular complexity index is 1530. The molecular weight excluding hydrogens is 607 g/mol. The Morgan fingerprint density at radius 3 is 2.51 bits per heavy atom. The van der Waals surface area contributed by atoms with Crippen LogP contribution in [0.25, 0.3) is 17.1 Å². The monoisotopic (exact) mass is 639 g/mol. The molecule has 2 heterocycles. The fraction of sp³-hybridized carbons (Fsp3) is 0.464. The number of amides is 1. The van der Waals surface area contributed by atoms with Crippen LogP contribution in [0.4, 0.5) is 13.2 Å². The van der Waals surface area contributed by atoms with E-state index >= 15 is 0 Å². The molecule has 1 aliphatic carbocycles. The lowest BCUT2D eigenvalue weighted by Crippen LogP contribution is -2.41. The summed E-state index contributed by atoms with van der Waals surface area (Å²) in [4.78, 5) is 12.9. The van der Waals surface area contributed by atoms with Gasteiger partial charge < -0.3 is 14.8 Å². The van der Waals surface area contributed by atoms with E-state index in [1.165, 1.54) is 28.6 Å². The number of aromatic nitrogens is 3. The molecule has 1 aromatic heterocycles. The number of rotatable bonds is 9. The molecule has 1 saturated heterocycles. The van der Waals surface area contributed by atoms with E-state index in [0.29, 0.717) is 35.5 Å². The number of thioether (sulfide) groups is 1. The zero-order chi connectivity index (χ0) is 30.6. The molecule has 2 aliphatic rings. The lowest BCUT2D eigenvalue weighted by Gasteiger charge is -2.29. The summed E-state index contributed by atoms with van der Waals surface area (Å²) in [5.74, 6) is 0.123. The number of morpholine rings is 1. The van der Waals surface area contributed by atoms with Crippen molar-refractivity contribution in [2.24, 2.45) is 5.92 Å². The zero-order valence-electron chi connectivity index (χ0n) is 23.4. The normalized spacial score (nSPS) is 20.1. The summed E-state index contributed by atoms with van der Waals surface area (Å²) in [6.45, 7) is 3.19. The molecular formula is C28H32F3N5O5S2. The van der Waals surface area contributed by atoms with Crippen molar-refractivity contribution in [2.75, 3.05) is 32.1 Å². The smallest absolute Gasteiger partial charge is 0.406 e. The number of halogens is 3. The molecule has 2 aromatic carbocycles. The molecule has 1 amide bonds. The summed E-state index contributed by atoms with van der Waals surface area (Å²) < 4.78 is 77.1. The van der Waals surface area contributed by atoms with Crippen LogP contribution >= 0.6 is 11.8 Å². The van der Waals surface area contributed by atoms with Gasteiger partial charge in [-0.05, 0) is 55.2 Å². The molecule has 2 fully saturated rings. The fourth-order valence-corrected chi connectivity index (χ4v) is 7.44. The summed E-state index contributed by atoms with van der Waals surface area (Å²) in [6, 6.07) is 11.5. The van der Waals surface area contributed by atoms with Gasteiger partial charge in [0.25, 0.3) is 0 Å². The number of nitrogens with zero attached hydrogens (tertiary/aromatic N) is 4. The first-order chi connectivity index (χ1) is 20.5. The second-order valence-electron chi connectivity index (χ2n) is 10.5. The van der Waals surface area contributed by atoms with Gasteiger partial charge in [-0.2, -0.15) is 4.31 Å². The highest BCUT2D eigenvalue weighted by Gasteiger charge is 2.31. The SMILES string of the molecule is C[C@@H]1CCCC[C@@H]1NC(=O)CSc1nnc(-c2cccc(S(=O)(=O)N3CCOCC3)c2)n1-c1ccc(OC(F)(F)F)cc1. The van der Waals surface area contributed by atoms with Crippen LogP contribution in [0.5, 0.6) is 5.75 Å². The standard InChI is InChI=1S/C28H32F3N5O5S2/c1-19-5-2-3-8-24(19)32-25(37)18-42-27-34-33-26(36(27)21-9-11-22(12-10-21)41-28(29,30)31)20-6-4-7-23(17-20)43(38,39)35-13-15-40-16-14-35/h4,6-7,9-12,17,19,24H,2-3,5,8,13-16,18H2,1H3,(H,32,37)/t19-,24+/m1/s1. The van der Waals surface area contributed by atoms with Crippen molar-refractivity contribution in [1.29, 1.82) is 0 Å². The average Bonchev–Trinajstić information content (AvgIpc) is 3.41. The molecule has 0 unspecified atom stereocenters. The van der Waals surface area contributed by atoms with Gasteiger partial charge in [-0.15, -0.1) is 23.4 Å². The molecule has 0 spiro atoms. The molecule has 0 radical (unpaired) electrons. The van der Waals surface area contributed by atoms with Crippen molar-refractivity contribution in [2.45, 2.75) is 55.1 Å². The average molecular weight is 640 g/mol. The Morgan fingerprint density at radius 2 is 1.81 bits per heavy atom. The summed E-state index contributed by atoms with van der Waals surface area (Å²) in [5, 5.41) is 12.0. The maximum Gasteiger partial charge on any atom is 0.573 e. The van der Waals surface area contributed by atoms with E-state index in [1.807, 2.05) is 0 Å². The highest BCUT2D eigenvalue weighted by molar-refractivity contribution is 7.99. The zero-order valence-corrected chi connectivity index (χ0v) is 25.1. The van der Waals surface area contributed by atoms with Gasteiger partial charge in [0.2, 0.25) is 15.9 Å². The van der Waals surface area contributed by atoms with Gasteiger partial charge in [0.15, 0.2) is 11.0 Å². The number of hydrogen-bond acceptors (Lipinski definition) is 8. The molecule has 232 valence electrons. The fourth-order valence-electron chi connectivity index (χ4n) is 5.22. The van der Waals surface area contributed by atoms with Crippen LogP contribution < -0.4 is 10.1 Å². The molecule has 1 saturated carbocycles. The number of nitrogens with one attached hydrogen (secondary N) is 1. The van der Waals surface area contributed by atoms with Crippen LogP contribution in [0, 0.1) is 5.92 Å². The third kappa shape index (κ3) is 7.69. The van der Waals surface area contributed by atoms with Crippen molar-refractivity contribution in [3.63, 3.8) is 0 Å². The van der Waals surface area contributed by atoms with Gasteiger partial charge >= 0.3 is 6.36 Å². The summed E-state index contributed by atoms with van der Waals surface area (Å²) in [6.07, 6.45) is -0.650. The van der Waals surface area contributed by atoms with E-state index in [-0.39, 0.29) is 41.5 Å². The first kappa shape index (κ1) is 31.3. The second kappa shape index (κ2) is 13.2. The minimum absolute atomic E-state index is 0.0437. The van der Waals surface area contributed by atoms with E-state index in [1.54, 1.807) is 16.7 Å². The summed E-state index contributed by atoms with van der Waals surface area (Å²) in [5.41, 5.74) is 0.824. The number of hydrogen-bond donors (Lipinski definition) is 1. The summed E-state index contributed by atoms with van der Waals surface area (Å²) >= 11 is 1.13. The first-order valence-electron chi connectivity index (χ1n) is 13.9. The van der Waals surface area contributed by atoms with Gasteiger partial charge in [-0.1, -0.05) is 43.7 Å². The Balaban J connectivity index is 1.45. The first-order valence-corrected chi connectivity index (χ1v) is 16.4. The number of ether oxygens (including phenoxy) is 2. The predicted molar refractivity (Wildman–Crippen MR) is 153 cm³/mol. The Labute approximate surface area is 252 Å². The molecule has 1 aliphatic heterocycles. The van der Waals surface area contributed by atoms with Crippen LogP contribution in [-0.2, 0) is 19.6 Å². The van der Waals surface area contributed by atoms with Crippen LogP contribution in [0.15, 0.2) is 58.6 Å². The molecule has 10 nitrogen and oxygen atoms in total. The maximum atomic E-state index is 13.3. The lowest BCUT2D eigenvalue weighted by molar-refractivity contribution is -0.274. The Kier molecular flexibility index (Phi) is 9.63. The third-order valence-corrected chi connectivity index (χ3v) is 10.3. The van der Waals surface area contributed by atoms with Gasteiger partial charge in [0.1, 0.15) is 5.75 Å². The second-order valence-corrected chi connectivity index (χ2v) is 13.3. The predicted octanol–water partition coefficient (Wildman–Crippen LogP) is 4.64. The van der Waals surface area contributed by atoms with E-state index in [9.17, 15) is 26.4 Å². The maximum absolute atomic E-state index is 13.3. The van der Waals surface area contributed by atoms with Gasteiger partial charge in [0, 0.05) is 30.4 Å². The Morgan fingerprint density at radius 1 is 1.09 bits per heavy atom. The number of alkyl halides is 3. The van der Waals surface area contributed by atoms with Crippen molar-refractivity contribution >= 4 is 27.7 Å². The third-order valence-electron chi connectivity index (χ3n) is 7.45. The minimum atomic E-state index is -4.85. The molecule has 1 N–H and O–H groups in total. The number of carbonyl (C=O) groups excluding carboxylic acids is 1. The number of carbonyl (C=O) groups is 1. The molecule has 0 bridgehead atoms. The van der Waals surface area contributed by atoms with Crippen molar-refractivity contribution in [1.82, 2.24) is 24.4 Å². The van der Waals surface area contributed by atoms with Crippen molar-refractivity contribution in [3.05, 3.63) is 48.5 Å². The molecule has 3 aromatic rings. The molecule has 2 atom stereocenters. The van der Waals surface area contributed by atoms with Crippen LogP contribution in [0.2, 0.25) is 0 Å². The highest BCUT2D eigenvalue weighted by atomic mass is 32.2. The quantitative estimate of drug-likeness (QED) is 0.337. The minimum Gasteiger partial charge on any atom is -0.406 e. The van der Waals surface area contributed by atoms with Crippen molar-refractivity contribution in [3.8, 4) is 22.8 Å². The van der Waals surface area contributed by atoms with E-state index in [0.717, 1.165) is 49.6 Å². The topological polar surface area (TPSA) is 116 Å².